The Balaban J connectivity index is 1.32. The minimum atomic E-state index is -3.61. The van der Waals surface area contributed by atoms with Crippen LogP contribution in [0.3, 0.4) is 0 Å². The molecule has 33 heavy (non-hydrogen) atoms. The summed E-state index contributed by atoms with van der Waals surface area (Å²) in [5.41, 5.74) is 1.81. The maximum atomic E-state index is 13.2. The number of hydrogen-bond donors (Lipinski definition) is 1. The first-order valence-corrected chi connectivity index (χ1v) is 13.7. The Hall–Kier alpha value is -2.22. The summed E-state index contributed by atoms with van der Waals surface area (Å²) in [5.74, 6) is -0.0842. The van der Waals surface area contributed by atoms with Crippen LogP contribution in [0.1, 0.15) is 54.4 Å². The second kappa shape index (κ2) is 11.3. The average molecular weight is 470 g/mol. The van der Waals surface area contributed by atoms with Gasteiger partial charge < -0.3 is 9.80 Å². The van der Waals surface area contributed by atoms with E-state index in [0.717, 1.165) is 64.6 Å². The number of aryl methyl sites for hydroxylation is 1. The third-order valence-corrected chi connectivity index (χ3v) is 8.24. The standard InChI is InChI=1S/C26H35N3O3S/c30-26(23-12-6-15-25(21-23)33(31,32)27-24-13-4-5-14-24)29-18-8-17-28(19-20-29)16-7-11-22-9-2-1-3-10-22/h1-3,6,9-10,12,15,21,24,27H,4-5,7-8,11,13-14,16-20H2. The molecule has 1 aliphatic carbocycles. The van der Waals surface area contributed by atoms with Gasteiger partial charge in [-0.1, -0.05) is 49.2 Å². The zero-order valence-electron chi connectivity index (χ0n) is 19.3. The number of hydrogen-bond acceptors (Lipinski definition) is 4. The molecule has 1 aliphatic heterocycles. The molecule has 1 saturated carbocycles. The van der Waals surface area contributed by atoms with E-state index in [9.17, 15) is 13.2 Å². The Morgan fingerprint density at radius 2 is 1.70 bits per heavy atom. The summed E-state index contributed by atoms with van der Waals surface area (Å²) in [5, 5.41) is 0. The summed E-state index contributed by atoms with van der Waals surface area (Å²) in [6.07, 6.45) is 6.98. The highest BCUT2D eigenvalue weighted by Crippen LogP contribution is 2.21. The molecule has 2 aromatic rings. The van der Waals surface area contributed by atoms with Crippen LogP contribution in [0.4, 0.5) is 0 Å². The maximum Gasteiger partial charge on any atom is 0.253 e. The highest BCUT2D eigenvalue weighted by Gasteiger charge is 2.25. The molecule has 178 valence electrons. The molecule has 2 aliphatic rings. The lowest BCUT2D eigenvalue weighted by molar-refractivity contribution is 0.0761. The van der Waals surface area contributed by atoms with Crippen LogP contribution >= 0.6 is 0 Å². The predicted molar refractivity (Wildman–Crippen MR) is 131 cm³/mol. The molecule has 1 amide bonds. The van der Waals surface area contributed by atoms with Gasteiger partial charge in [-0.3, -0.25) is 4.79 Å². The largest absolute Gasteiger partial charge is 0.337 e. The molecule has 2 aromatic carbocycles. The van der Waals surface area contributed by atoms with Crippen LogP contribution in [0.2, 0.25) is 0 Å². The quantitative estimate of drug-likeness (QED) is 0.640. The number of nitrogens with zero attached hydrogens (tertiary/aromatic N) is 2. The van der Waals surface area contributed by atoms with Crippen molar-refractivity contribution in [1.29, 1.82) is 0 Å². The molecule has 0 aromatic heterocycles. The number of carbonyl (C=O) groups excluding carboxylic acids is 1. The molecule has 4 rings (SSSR count). The SMILES string of the molecule is O=C(c1cccc(S(=O)(=O)NC2CCCC2)c1)N1CCCN(CCCc2ccccc2)CC1. The van der Waals surface area contributed by atoms with Crippen molar-refractivity contribution in [3.63, 3.8) is 0 Å². The van der Waals surface area contributed by atoms with Gasteiger partial charge in [-0.2, -0.15) is 0 Å². The summed E-state index contributed by atoms with van der Waals surface area (Å²) in [6, 6.07) is 17.0. The van der Waals surface area contributed by atoms with Gasteiger partial charge in [-0.25, -0.2) is 13.1 Å². The highest BCUT2D eigenvalue weighted by molar-refractivity contribution is 7.89. The number of rotatable bonds is 8. The third-order valence-electron chi connectivity index (χ3n) is 6.73. The predicted octanol–water partition coefficient (Wildman–Crippen LogP) is 3.69. The van der Waals surface area contributed by atoms with Crippen molar-refractivity contribution in [2.75, 3.05) is 32.7 Å². The fraction of sp³-hybridized carbons (Fsp3) is 0.500. The van der Waals surface area contributed by atoms with Crippen molar-refractivity contribution in [2.24, 2.45) is 0 Å². The molecule has 1 heterocycles. The Kier molecular flexibility index (Phi) is 8.17. The normalized spacial score (nSPS) is 18.4. The lowest BCUT2D eigenvalue weighted by Gasteiger charge is -2.22. The summed E-state index contributed by atoms with van der Waals surface area (Å²) >= 11 is 0. The lowest BCUT2D eigenvalue weighted by atomic mass is 10.1. The molecule has 7 heteroatoms. The Labute approximate surface area is 198 Å². The van der Waals surface area contributed by atoms with Crippen molar-refractivity contribution in [3.05, 3.63) is 65.7 Å². The first-order valence-electron chi connectivity index (χ1n) is 12.2. The van der Waals surface area contributed by atoms with Crippen molar-refractivity contribution < 1.29 is 13.2 Å². The molecule has 1 N–H and O–H groups in total. The van der Waals surface area contributed by atoms with Crippen molar-refractivity contribution in [1.82, 2.24) is 14.5 Å². The van der Waals surface area contributed by atoms with E-state index in [4.69, 9.17) is 0 Å². The van der Waals surface area contributed by atoms with Crippen LogP contribution in [0.15, 0.2) is 59.5 Å². The number of carbonyl (C=O) groups is 1. The summed E-state index contributed by atoms with van der Waals surface area (Å²) in [7, 11) is -3.61. The molecule has 2 fully saturated rings. The number of benzene rings is 2. The molecule has 0 spiro atoms. The summed E-state index contributed by atoms with van der Waals surface area (Å²) < 4.78 is 28.4. The van der Waals surface area contributed by atoms with E-state index in [1.807, 2.05) is 11.0 Å². The molecule has 0 radical (unpaired) electrons. The smallest absolute Gasteiger partial charge is 0.253 e. The van der Waals surface area contributed by atoms with Crippen LogP contribution in [0.5, 0.6) is 0 Å². The zero-order chi connectivity index (χ0) is 23.1. The van der Waals surface area contributed by atoms with E-state index >= 15 is 0 Å². The summed E-state index contributed by atoms with van der Waals surface area (Å²) in [4.78, 5) is 17.7. The monoisotopic (exact) mass is 469 g/mol. The van der Waals surface area contributed by atoms with Gasteiger partial charge in [0.1, 0.15) is 0 Å². The number of nitrogens with one attached hydrogen (secondary N) is 1. The van der Waals surface area contributed by atoms with E-state index in [-0.39, 0.29) is 16.8 Å². The van der Waals surface area contributed by atoms with Gasteiger partial charge >= 0.3 is 0 Å². The van der Waals surface area contributed by atoms with Gasteiger partial charge in [0.25, 0.3) is 5.91 Å². The van der Waals surface area contributed by atoms with E-state index < -0.39 is 10.0 Å². The molecule has 0 unspecified atom stereocenters. The van der Waals surface area contributed by atoms with Gasteiger partial charge in [-0.05, 0) is 69.0 Å². The Bertz CT molecular complexity index is 1020. The van der Waals surface area contributed by atoms with Gasteiger partial charge in [0.05, 0.1) is 4.90 Å². The van der Waals surface area contributed by atoms with Crippen molar-refractivity contribution in [3.8, 4) is 0 Å². The van der Waals surface area contributed by atoms with Crippen LogP contribution in [-0.4, -0.2) is 62.9 Å². The van der Waals surface area contributed by atoms with Crippen molar-refractivity contribution >= 4 is 15.9 Å². The second-order valence-corrected chi connectivity index (χ2v) is 10.9. The Morgan fingerprint density at radius 3 is 2.48 bits per heavy atom. The first kappa shape index (κ1) is 23.9. The van der Waals surface area contributed by atoms with Gasteiger partial charge in [0, 0.05) is 31.2 Å². The van der Waals surface area contributed by atoms with E-state index in [0.29, 0.717) is 18.7 Å². The fourth-order valence-corrected chi connectivity index (χ4v) is 6.21. The van der Waals surface area contributed by atoms with E-state index in [1.165, 1.54) is 11.6 Å². The molecule has 1 saturated heterocycles. The molecular formula is C26H35N3O3S. The molecule has 0 bridgehead atoms. The molecule has 6 nitrogen and oxygen atoms in total. The van der Waals surface area contributed by atoms with Gasteiger partial charge in [0.15, 0.2) is 0 Å². The minimum absolute atomic E-state index is 0.00726. The third kappa shape index (κ3) is 6.65. The Morgan fingerprint density at radius 1 is 0.909 bits per heavy atom. The lowest BCUT2D eigenvalue weighted by Crippen LogP contribution is -2.36. The van der Waals surface area contributed by atoms with Gasteiger partial charge in [-0.15, -0.1) is 0 Å². The first-order chi connectivity index (χ1) is 16.0. The van der Waals surface area contributed by atoms with Crippen LogP contribution in [0.25, 0.3) is 0 Å². The average Bonchev–Trinajstić information content (AvgIpc) is 3.22. The second-order valence-electron chi connectivity index (χ2n) is 9.21. The fourth-order valence-electron chi connectivity index (χ4n) is 4.86. The van der Waals surface area contributed by atoms with Crippen LogP contribution < -0.4 is 4.72 Å². The molecular weight excluding hydrogens is 434 g/mol. The topological polar surface area (TPSA) is 69.7 Å². The number of amides is 1. The highest BCUT2D eigenvalue weighted by atomic mass is 32.2. The summed E-state index contributed by atoms with van der Waals surface area (Å²) in [6.45, 7) is 4.23. The zero-order valence-corrected chi connectivity index (χ0v) is 20.1. The maximum absolute atomic E-state index is 13.2. The van der Waals surface area contributed by atoms with Crippen LogP contribution in [0, 0.1) is 0 Å². The minimum Gasteiger partial charge on any atom is -0.337 e. The molecule has 0 atom stereocenters. The van der Waals surface area contributed by atoms with Gasteiger partial charge in [0.2, 0.25) is 10.0 Å². The van der Waals surface area contributed by atoms with E-state index in [2.05, 4.69) is 33.9 Å². The van der Waals surface area contributed by atoms with Crippen LogP contribution in [-0.2, 0) is 16.4 Å². The van der Waals surface area contributed by atoms with Crippen molar-refractivity contribution in [2.45, 2.75) is 55.9 Å². The number of sulfonamides is 1. The van der Waals surface area contributed by atoms with E-state index in [1.54, 1.807) is 18.2 Å².